The van der Waals surface area contributed by atoms with E-state index in [2.05, 4.69) is 0 Å². The van der Waals surface area contributed by atoms with Crippen molar-refractivity contribution < 1.29 is 19.5 Å². The van der Waals surface area contributed by atoms with Crippen molar-refractivity contribution in [3.05, 3.63) is 63.9 Å². The molecule has 1 saturated heterocycles. The molecule has 0 unspecified atom stereocenters. The number of nitrogens with one attached hydrogen (secondary N) is 1. The van der Waals surface area contributed by atoms with E-state index in [1.54, 1.807) is 30.3 Å². The van der Waals surface area contributed by atoms with Gasteiger partial charge in [0.25, 0.3) is 0 Å². The number of phenolic OH excluding ortho intramolecular Hbond substituents is 1. The van der Waals surface area contributed by atoms with Crippen LogP contribution in [0.4, 0.5) is 0 Å². The highest BCUT2D eigenvalue weighted by molar-refractivity contribution is 6.30. The molecule has 5 heteroatoms. The second-order valence-corrected chi connectivity index (χ2v) is 7.01. The lowest BCUT2D eigenvalue weighted by molar-refractivity contribution is -0.901. The third-order valence-corrected chi connectivity index (χ3v) is 5.04. The molecule has 0 aromatic heterocycles. The average molecular weight is 357 g/mol. The number of rotatable bonds is 3. The number of hydrogen-bond acceptors (Lipinski definition) is 3. The van der Waals surface area contributed by atoms with Crippen molar-refractivity contribution in [2.45, 2.75) is 19.4 Å². The molecule has 0 saturated carbocycles. The number of ether oxygens (including phenoxy) is 1. The maximum Gasteiger partial charge on any atom is 0.231 e. The van der Waals surface area contributed by atoms with Crippen LogP contribution in [0, 0.1) is 0 Å². The van der Waals surface area contributed by atoms with E-state index >= 15 is 0 Å². The summed E-state index contributed by atoms with van der Waals surface area (Å²) < 4.78 is 5.88. The lowest BCUT2D eigenvalue weighted by Gasteiger charge is -2.15. The Bertz CT molecular complexity index is 869. The topological polar surface area (TPSA) is 51.0 Å². The van der Waals surface area contributed by atoms with Gasteiger partial charge in [-0.05, 0) is 35.9 Å². The predicted octanol–water partition coefficient (Wildman–Crippen LogP) is 2.84. The fourth-order valence-electron chi connectivity index (χ4n) is 3.52. The van der Waals surface area contributed by atoms with Crippen LogP contribution in [0.1, 0.15) is 34.3 Å². The van der Waals surface area contributed by atoms with Gasteiger partial charge in [0.15, 0.2) is 11.5 Å². The van der Waals surface area contributed by atoms with Gasteiger partial charge < -0.3 is 14.7 Å². The highest BCUT2D eigenvalue weighted by Gasteiger charge is 2.32. The number of hydrogen-bond donors (Lipinski definition) is 2. The highest BCUT2D eigenvalue weighted by atomic mass is 35.5. The first kappa shape index (κ1) is 16.2. The number of likely N-dealkylation sites (tertiary alicyclic amines) is 1. The van der Waals surface area contributed by atoms with Gasteiger partial charge in [-0.1, -0.05) is 23.7 Å². The number of aromatic hydroxyl groups is 1. The van der Waals surface area contributed by atoms with Crippen LogP contribution < -0.4 is 9.64 Å². The standard InChI is InChI=1S/C20H18ClNO3/c21-14-5-3-4-13(10-14)11-18-19(24)15-6-7-17(23)16(20(15)25-18)12-22-8-1-2-9-22/h3-7,10-11,23H,1-2,8-9,12H2/p+1/b18-11+. The number of benzene rings is 2. The minimum Gasteiger partial charge on any atom is -0.507 e. The second-order valence-electron chi connectivity index (χ2n) is 6.57. The fraction of sp³-hybridized carbons (Fsp3) is 0.250. The summed E-state index contributed by atoms with van der Waals surface area (Å²) >= 11 is 6.01. The first-order chi connectivity index (χ1) is 12.1. The van der Waals surface area contributed by atoms with Crippen molar-refractivity contribution in [2.24, 2.45) is 0 Å². The summed E-state index contributed by atoms with van der Waals surface area (Å²) in [6.07, 6.45) is 4.09. The molecule has 0 aliphatic carbocycles. The van der Waals surface area contributed by atoms with Crippen LogP contribution in [-0.2, 0) is 6.54 Å². The zero-order valence-corrected chi connectivity index (χ0v) is 14.5. The number of ketones is 1. The number of halogens is 1. The number of fused-ring (bicyclic) bond motifs is 1. The molecule has 128 valence electrons. The van der Waals surface area contributed by atoms with Gasteiger partial charge in [-0.2, -0.15) is 0 Å². The van der Waals surface area contributed by atoms with Crippen molar-refractivity contribution in [3.63, 3.8) is 0 Å². The maximum atomic E-state index is 12.7. The van der Waals surface area contributed by atoms with E-state index in [1.807, 2.05) is 12.1 Å². The normalized spacial score (nSPS) is 18.6. The summed E-state index contributed by atoms with van der Waals surface area (Å²) in [6.45, 7) is 2.84. The Morgan fingerprint density at radius 1 is 1.20 bits per heavy atom. The van der Waals surface area contributed by atoms with Crippen molar-refractivity contribution in [1.29, 1.82) is 0 Å². The van der Waals surface area contributed by atoms with Crippen LogP contribution in [0.15, 0.2) is 42.2 Å². The Balaban J connectivity index is 1.68. The van der Waals surface area contributed by atoms with E-state index in [0.29, 0.717) is 22.9 Å². The molecule has 25 heavy (non-hydrogen) atoms. The van der Waals surface area contributed by atoms with Crippen LogP contribution in [0.25, 0.3) is 6.08 Å². The molecule has 0 radical (unpaired) electrons. The van der Waals surface area contributed by atoms with Crippen molar-refractivity contribution in [3.8, 4) is 11.5 Å². The second kappa shape index (κ2) is 6.54. The molecule has 4 rings (SSSR count). The van der Waals surface area contributed by atoms with E-state index in [4.69, 9.17) is 16.3 Å². The number of quaternary nitrogens is 1. The van der Waals surface area contributed by atoms with Crippen LogP contribution in [0.2, 0.25) is 5.02 Å². The van der Waals surface area contributed by atoms with Crippen LogP contribution in [-0.4, -0.2) is 24.0 Å². The van der Waals surface area contributed by atoms with Gasteiger partial charge in [-0.25, -0.2) is 0 Å². The zero-order chi connectivity index (χ0) is 17.4. The van der Waals surface area contributed by atoms with Gasteiger partial charge in [0, 0.05) is 17.9 Å². The average Bonchev–Trinajstić information content (AvgIpc) is 3.20. The molecule has 1 fully saturated rings. The molecular formula is C20H19ClNO3+. The van der Waals surface area contributed by atoms with Crippen molar-refractivity contribution in [2.75, 3.05) is 13.1 Å². The van der Waals surface area contributed by atoms with Gasteiger partial charge in [-0.3, -0.25) is 4.79 Å². The minimum atomic E-state index is -0.160. The maximum absolute atomic E-state index is 12.7. The van der Waals surface area contributed by atoms with E-state index in [1.165, 1.54) is 17.7 Å². The van der Waals surface area contributed by atoms with E-state index in [9.17, 15) is 9.90 Å². The quantitative estimate of drug-likeness (QED) is 0.831. The Morgan fingerprint density at radius 2 is 2.00 bits per heavy atom. The summed E-state index contributed by atoms with van der Waals surface area (Å²) in [5, 5.41) is 10.9. The SMILES string of the molecule is O=C1/C(=C\c2cccc(Cl)c2)Oc2c1ccc(O)c2C[NH+]1CCCC1. The largest absolute Gasteiger partial charge is 0.507 e. The number of allylic oxidation sites excluding steroid dienone is 1. The molecule has 2 aromatic rings. The van der Waals surface area contributed by atoms with E-state index in [-0.39, 0.29) is 17.3 Å². The Morgan fingerprint density at radius 3 is 2.76 bits per heavy atom. The van der Waals surface area contributed by atoms with Gasteiger partial charge in [0.05, 0.1) is 24.2 Å². The molecule has 0 spiro atoms. The summed E-state index contributed by atoms with van der Waals surface area (Å²) in [4.78, 5) is 14.1. The molecule has 2 aromatic carbocycles. The summed E-state index contributed by atoms with van der Waals surface area (Å²) in [6, 6.07) is 10.5. The van der Waals surface area contributed by atoms with E-state index in [0.717, 1.165) is 24.2 Å². The monoisotopic (exact) mass is 356 g/mol. The third kappa shape index (κ3) is 3.15. The Labute approximate surface area is 151 Å². The van der Waals surface area contributed by atoms with Gasteiger partial charge in [-0.15, -0.1) is 0 Å². The van der Waals surface area contributed by atoms with Gasteiger partial charge >= 0.3 is 0 Å². The van der Waals surface area contributed by atoms with Crippen LogP contribution in [0.3, 0.4) is 0 Å². The van der Waals surface area contributed by atoms with Crippen molar-refractivity contribution >= 4 is 23.5 Å². The number of phenols is 1. The first-order valence-corrected chi connectivity index (χ1v) is 8.88. The molecule has 2 heterocycles. The number of carbonyl (C=O) groups is 1. The zero-order valence-electron chi connectivity index (χ0n) is 13.7. The Kier molecular flexibility index (Phi) is 4.24. The van der Waals surface area contributed by atoms with Crippen LogP contribution in [0.5, 0.6) is 11.5 Å². The third-order valence-electron chi connectivity index (χ3n) is 4.80. The minimum absolute atomic E-state index is 0.160. The lowest BCUT2D eigenvalue weighted by atomic mass is 10.0. The highest BCUT2D eigenvalue weighted by Crippen LogP contribution is 2.39. The van der Waals surface area contributed by atoms with Gasteiger partial charge in [0.2, 0.25) is 5.78 Å². The van der Waals surface area contributed by atoms with Crippen molar-refractivity contribution in [1.82, 2.24) is 0 Å². The molecule has 0 atom stereocenters. The van der Waals surface area contributed by atoms with E-state index < -0.39 is 0 Å². The summed E-state index contributed by atoms with van der Waals surface area (Å²) in [5.74, 6) is 0.792. The molecule has 2 aliphatic heterocycles. The lowest BCUT2D eigenvalue weighted by Crippen LogP contribution is -3.08. The predicted molar refractivity (Wildman–Crippen MR) is 96.1 cm³/mol. The molecule has 2 N–H and O–H groups in total. The van der Waals surface area contributed by atoms with Crippen LogP contribution >= 0.6 is 11.6 Å². The summed E-state index contributed by atoms with van der Waals surface area (Å²) in [5.41, 5.74) is 2.04. The number of Topliss-reactive ketones (excluding diaryl/α,β-unsaturated/α-hetero) is 1. The fourth-order valence-corrected chi connectivity index (χ4v) is 3.72. The molecular weight excluding hydrogens is 338 g/mol. The smallest absolute Gasteiger partial charge is 0.231 e. The molecule has 2 aliphatic rings. The molecule has 0 amide bonds. The number of carbonyl (C=O) groups excluding carboxylic acids is 1. The molecule has 0 bridgehead atoms. The summed E-state index contributed by atoms with van der Waals surface area (Å²) in [7, 11) is 0. The Hall–Kier alpha value is -2.30. The molecule has 4 nitrogen and oxygen atoms in total. The first-order valence-electron chi connectivity index (χ1n) is 8.50. The van der Waals surface area contributed by atoms with Gasteiger partial charge in [0.1, 0.15) is 12.3 Å².